The summed E-state index contributed by atoms with van der Waals surface area (Å²) in [5.41, 5.74) is 2.24. The van der Waals surface area contributed by atoms with Crippen LogP contribution < -0.4 is 20.7 Å². The molecule has 0 radical (unpaired) electrons. The first-order chi connectivity index (χ1) is 17.4. The molecule has 0 aliphatic heterocycles. The van der Waals surface area contributed by atoms with E-state index in [9.17, 15) is 9.59 Å². The molecule has 0 spiro atoms. The quantitative estimate of drug-likeness (QED) is 0.318. The van der Waals surface area contributed by atoms with Crippen LogP contribution in [0.15, 0.2) is 53.9 Å². The highest BCUT2D eigenvalue weighted by Gasteiger charge is 2.28. The van der Waals surface area contributed by atoms with E-state index in [0.29, 0.717) is 28.9 Å². The molecule has 3 amide bonds. The molecule has 0 unspecified atom stereocenters. The third-order valence-corrected chi connectivity index (χ3v) is 7.23. The van der Waals surface area contributed by atoms with Crippen molar-refractivity contribution in [3.05, 3.63) is 75.2 Å². The number of amides is 3. The van der Waals surface area contributed by atoms with Crippen LogP contribution in [0.3, 0.4) is 0 Å². The molecule has 36 heavy (non-hydrogen) atoms. The summed E-state index contributed by atoms with van der Waals surface area (Å²) in [4.78, 5) is 29.9. The van der Waals surface area contributed by atoms with Crippen molar-refractivity contribution in [2.45, 2.75) is 64.1 Å². The summed E-state index contributed by atoms with van der Waals surface area (Å²) in [7, 11) is 0. The van der Waals surface area contributed by atoms with Gasteiger partial charge in [-0.25, -0.2) is 9.78 Å². The molecule has 3 aromatic rings. The second-order valence-corrected chi connectivity index (χ2v) is 10.6. The molecule has 4 rings (SSSR count). The molecule has 190 valence electrons. The summed E-state index contributed by atoms with van der Waals surface area (Å²) in [6.07, 6.45) is 3.57. The molecule has 2 atom stereocenters. The maximum absolute atomic E-state index is 12.9. The maximum Gasteiger partial charge on any atom is 0.319 e. The third kappa shape index (κ3) is 7.21. The van der Waals surface area contributed by atoms with Gasteiger partial charge in [0, 0.05) is 22.1 Å². The van der Waals surface area contributed by atoms with Gasteiger partial charge in [0.05, 0.1) is 6.04 Å². The SMILES string of the molecule is CC(C)c1ccc(OCc2nc(C(=O)N[C@H]3CCCC[C@H]3NC(=O)Nc3cccc(Cl)c3)cs2)cc1. The van der Waals surface area contributed by atoms with Crippen molar-refractivity contribution in [3.8, 4) is 5.75 Å². The van der Waals surface area contributed by atoms with Crippen LogP contribution in [-0.4, -0.2) is 29.0 Å². The van der Waals surface area contributed by atoms with Gasteiger partial charge < -0.3 is 20.7 Å². The highest BCUT2D eigenvalue weighted by molar-refractivity contribution is 7.09. The fourth-order valence-corrected chi connectivity index (χ4v) is 5.07. The standard InChI is InChI=1S/C27H31ClN4O3S/c1-17(2)18-10-12-21(13-11-18)35-15-25-30-24(16-36-25)26(33)31-22-8-3-4-9-23(22)32-27(34)29-20-7-5-6-19(28)14-20/h5-7,10-14,16-17,22-23H,3-4,8-9,15H2,1-2H3,(H,31,33)(H2,29,32,34)/t22-,23+/m0/s1. The first kappa shape index (κ1) is 26.0. The maximum atomic E-state index is 12.9. The van der Waals surface area contributed by atoms with Crippen molar-refractivity contribution < 1.29 is 14.3 Å². The fraction of sp³-hybridized carbons (Fsp3) is 0.370. The Hall–Kier alpha value is -3.10. The van der Waals surface area contributed by atoms with Crippen LogP contribution in [0.25, 0.3) is 0 Å². The Morgan fingerprint density at radius 3 is 2.50 bits per heavy atom. The Labute approximate surface area is 220 Å². The molecule has 1 fully saturated rings. The number of urea groups is 1. The van der Waals surface area contributed by atoms with E-state index in [0.717, 1.165) is 36.4 Å². The third-order valence-electron chi connectivity index (χ3n) is 6.17. The zero-order valence-electron chi connectivity index (χ0n) is 20.4. The van der Waals surface area contributed by atoms with Crippen molar-refractivity contribution in [2.75, 3.05) is 5.32 Å². The van der Waals surface area contributed by atoms with Gasteiger partial charge in [-0.15, -0.1) is 11.3 Å². The second kappa shape index (κ2) is 12.2. The van der Waals surface area contributed by atoms with Gasteiger partial charge in [-0.05, 0) is 54.7 Å². The van der Waals surface area contributed by atoms with Crippen molar-refractivity contribution in [2.24, 2.45) is 0 Å². The van der Waals surface area contributed by atoms with Crippen LogP contribution in [-0.2, 0) is 6.61 Å². The number of aromatic nitrogens is 1. The summed E-state index contributed by atoms with van der Waals surface area (Å²) in [5.74, 6) is 0.996. The number of hydrogen-bond donors (Lipinski definition) is 3. The van der Waals surface area contributed by atoms with Crippen LogP contribution in [0, 0.1) is 0 Å². The largest absolute Gasteiger partial charge is 0.486 e. The van der Waals surface area contributed by atoms with E-state index in [1.165, 1.54) is 16.9 Å². The average molecular weight is 527 g/mol. The molecule has 2 aromatic carbocycles. The molecule has 1 aliphatic rings. The van der Waals surface area contributed by atoms with Crippen LogP contribution in [0.5, 0.6) is 5.75 Å². The number of benzene rings is 2. The van der Waals surface area contributed by atoms with Crippen molar-refractivity contribution in [1.82, 2.24) is 15.6 Å². The van der Waals surface area contributed by atoms with Gasteiger partial charge in [0.15, 0.2) is 0 Å². The van der Waals surface area contributed by atoms with Crippen LogP contribution in [0.4, 0.5) is 10.5 Å². The zero-order chi connectivity index (χ0) is 25.5. The minimum Gasteiger partial charge on any atom is -0.486 e. The minimum atomic E-state index is -0.321. The molecule has 1 saturated carbocycles. The topological polar surface area (TPSA) is 92.3 Å². The molecule has 9 heteroatoms. The molecular formula is C27H31ClN4O3S. The number of thiazole rings is 1. The summed E-state index contributed by atoms with van der Waals surface area (Å²) >= 11 is 7.39. The molecule has 3 N–H and O–H groups in total. The fourth-order valence-electron chi connectivity index (χ4n) is 4.20. The molecular weight excluding hydrogens is 496 g/mol. The van der Waals surface area contributed by atoms with Crippen molar-refractivity contribution in [1.29, 1.82) is 0 Å². The van der Waals surface area contributed by atoms with E-state index in [1.54, 1.807) is 29.6 Å². The van der Waals surface area contributed by atoms with E-state index in [2.05, 4.69) is 46.9 Å². The van der Waals surface area contributed by atoms with E-state index < -0.39 is 0 Å². The lowest BCUT2D eigenvalue weighted by Crippen LogP contribution is -2.54. The number of ether oxygens (including phenoxy) is 1. The zero-order valence-corrected chi connectivity index (χ0v) is 22.0. The first-order valence-corrected chi connectivity index (χ1v) is 13.4. The minimum absolute atomic E-state index is 0.169. The Morgan fingerprint density at radius 1 is 1.08 bits per heavy atom. The normalized spacial score (nSPS) is 17.4. The Kier molecular flexibility index (Phi) is 8.83. The molecule has 1 heterocycles. The van der Waals surface area contributed by atoms with E-state index >= 15 is 0 Å². The average Bonchev–Trinajstić information content (AvgIpc) is 3.33. The molecule has 0 saturated heterocycles. The number of carbonyl (C=O) groups is 2. The van der Waals surface area contributed by atoms with E-state index in [-0.39, 0.29) is 24.0 Å². The lowest BCUT2D eigenvalue weighted by molar-refractivity contribution is 0.0911. The van der Waals surface area contributed by atoms with Crippen LogP contribution in [0.2, 0.25) is 5.02 Å². The molecule has 1 aromatic heterocycles. The van der Waals surface area contributed by atoms with Crippen LogP contribution in [0.1, 0.15) is 66.5 Å². The summed E-state index contributed by atoms with van der Waals surface area (Å²) in [6, 6.07) is 14.3. The monoisotopic (exact) mass is 526 g/mol. The predicted molar refractivity (Wildman–Crippen MR) is 144 cm³/mol. The number of carbonyl (C=O) groups excluding carboxylic acids is 2. The van der Waals surface area contributed by atoms with Gasteiger partial charge in [0.1, 0.15) is 23.1 Å². The highest BCUT2D eigenvalue weighted by Crippen LogP contribution is 2.22. The first-order valence-electron chi connectivity index (χ1n) is 12.2. The van der Waals surface area contributed by atoms with Gasteiger partial charge >= 0.3 is 6.03 Å². The van der Waals surface area contributed by atoms with Gasteiger partial charge in [-0.1, -0.05) is 56.5 Å². The van der Waals surface area contributed by atoms with Crippen molar-refractivity contribution in [3.63, 3.8) is 0 Å². The lowest BCUT2D eigenvalue weighted by atomic mass is 9.90. The number of nitrogens with zero attached hydrogens (tertiary/aromatic N) is 1. The number of nitrogens with one attached hydrogen (secondary N) is 3. The van der Waals surface area contributed by atoms with Crippen molar-refractivity contribution >= 4 is 40.6 Å². The second-order valence-electron chi connectivity index (χ2n) is 9.22. The van der Waals surface area contributed by atoms with Gasteiger partial charge in [-0.3, -0.25) is 4.79 Å². The smallest absolute Gasteiger partial charge is 0.319 e. The number of rotatable bonds is 8. The molecule has 7 nitrogen and oxygen atoms in total. The van der Waals surface area contributed by atoms with Gasteiger partial charge in [0.2, 0.25) is 0 Å². The van der Waals surface area contributed by atoms with Gasteiger partial charge in [0.25, 0.3) is 5.91 Å². The van der Waals surface area contributed by atoms with Crippen LogP contribution >= 0.6 is 22.9 Å². The molecule has 0 bridgehead atoms. The predicted octanol–water partition coefficient (Wildman–Crippen LogP) is 6.36. The van der Waals surface area contributed by atoms with Gasteiger partial charge in [-0.2, -0.15) is 0 Å². The Bertz CT molecular complexity index is 1180. The van der Waals surface area contributed by atoms with E-state index in [4.69, 9.17) is 16.3 Å². The highest BCUT2D eigenvalue weighted by atomic mass is 35.5. The van der Waals surface area contributed by atoms with E-state index in [1.807, 2.05) is 12.1 Å². The number of hydrogen-bond acceptors (Lipinski definition) is 5. The summed E-state index contributed by atoms with van der Waals surface area (Å²) in [5, 5.41) is 11.9. The Morgan fingerprint density at radius 2 is 1.81 bits per heavy atom. The lowest BCUT2D eigenvalue weighted by Gasteiger charge is -2.32. The summed E-state index contributed by atoms with van der Waals surface area (Å²) < 4.78 is 5.84. The Balaban J connectivity index is 1.30. The summed E-state index contributed by atoms with van der Waals surface area (Å²) in [6.45, 7) is 4.61. The molecule has 1 aliphatic carbocycles. The number of anilines is 1. The number of halogens is 1.